The summed E-state index contributed by atoms with van der Waals surface area (Å²) in [5, 5.41) is 3.16. The Morgan fingerprint density at radius 3 is 2.65 bits per heavy atom. The summed E-state index contributed by atoms with van der Waals surface area (Å²) in [5.74, 6) is -1.61. The summed E-state index contributed by atoms with van der Waals surface area (Å²) in [5.41, 5.74) is 1.37. The van der Waals surface area contributed by atoms with Gasteiger partial charge < -0.3 is 5.32 Å². The van der Waals surface area contributed by atoms with Crippen LogP contribution < -0.4 is 5.32 Å². The van der Waals surface area contributed by atoms with E-state index >= 15 is 0 Å². The Morgan fingerprint density at radius 1 is 1.25 bits per heavy atom. The highest BCUT2D eigenvalue weighted by atomic mass is 79.9. The molecule has 1 aromatic carbocycles. The Labute approximate surface area is 125 Å². The topological polar surface area (TPSA) is 24.9 Å². The minimum absolute atomic E-state index is 0.287. The molecule has 1 N–H and O–H groups in total. The molecule has 0 amide bonds. The van der Waals surface area contributed by atoms with Crippen LogP contribution in [0.15, 0.2) is 35.1 Å². The van der Waals surface area contributed by atoms with E-state index in [9.17, 15) is 8.78 Å². The number of halogens is 3. The first kappa shape index (κ1) is 15.1. The predicted octanol–water partition coefficient (Wildman–Crippen LogP) is 4.13. The smallest absolute Gasteiger partial charge is 0.164 e. The lowest BCUT2D eigenvalue weighted by molar-refractivity contribution is 0.478. The summed E-state index contributed by atoms with van der Waals surface area (Å²) in [7, 11) is 0. The molecule has 20 heavy (non-hydrogen) atoms. The van der Waals surface area contributed by atoms with Crippen LogP contribution in [0.3, 0.4) is 0 Å². The maximum absolute atomic E-state index is 14.2. The van der Waals surface area contributed by atoms with Crippen LogP contribution in [0, 0.1) is 18.6 Å². The third-order valence-corrected chi connectivity index (χ3v) is 3.52. The van der Waals surface area contributed by atoms with E-state index < -0.39 is 17.7 Å². The van der Waals surface area contributed by atoms with Gasteiger partial charge in [0.15, 0.2) is 11.6 Å². The molecule has 0 spiro atoms. The first-order valence-corrected chi connectivity index (χ1v) is 7.12. The number of nitrogens with one attached hydrogen (secondary N) is 1. The second-order valence-electron chi connectivity index (χ2n) is 4.53. The molecule has 0 aliphatic carbocycles. The van der Waals surface area contributed by atoms with E-state index in [4.69, 9.17) is 0 Å². The van der Waals surface area contributed by atoms with Gasteiger partial charge in [-0.3, -0.25) is 4.98 Å². The van der Waals surface area contributed by atoms with Crippen molar-refractivity contribution in [3.05, 3.63) is 63.4 Å². The molecule has 0 saturated heterocycles. The quantitative estimate of drug-likeness (QED) is 0.905. The SMILES string of the molecule is CCNC(c1cncc(Br)c1)c1ccc(C)c(F)c1F. The minimum Gasteiger partial charge on any atom is -0.306 e. The third kappa shape index (κ3) is 3.04. The van der Waals surface area contributed by atoms with Crippen LogP contribution in [0.1, 0.15) is 29.7 Å². The fourth-order valence-electron chi connectivity index (χ4n) is 2.08. The Hall–Kier alpha value is -1.33. The molecule has 0 fully saturated rings. The van der Waals surface area contributed by atoms with E-state index in [1.165, 1.54) is 0 Å². The molecule has 0 aliphatic rings. The monoisotopic (exact) mass is 340 g/mol. The maximum Gasteiger partial charge on any atom is 0.164 e. The van der Waals surface area contributed by atoms with Crippen molar-refractivity contribution in [2.45, 2.75) is 19.9 Å². The highest BCUT2D eigenvalue weighted by Crippen LogP contribution is 2.28. The van der Waals surface area contributed by atoms with Crippen LogP contribution in [-0.4, -0.2) is 11.5 Å². The molecule has 5 heteroatoms. The lowest BCUT2D eigenvalue weighted by Gasteiger charge is -2.20. The third-order valence-electron chi connectivity index (χ3n) is 3.08. The minimum atomic E-state index is -0.809. The van der Waals surface area contributed by atoms with E-state index in [1.807, 2.05) is 13.0 Å². The van der Waals surface area contributed by atoms with Gasteiger partial charge in [-0.25, -0.2) is 8.78 Å². The van der Waals surface area contributed by atoms with Crippen LogP contribution >= 0.6 is 15.9 Å². The zero-order valence-electron chi connectivity index (χ0n) is 11.3. The van der Waals surface area contributed by atoms with Gasteiger partial charge in [-0.05, 0) is 46.6 Å². The lowest BCUT2D eigenvalue weighted by Crippen LogP contribution is -2.23. The Morgan fingerprint density at radius 2 is 2.00 bits per heavy atom. The number of hydrogen-bond donors (Lipinski definition) is 1. The summed E-state index contributed by atoms with van der Waals surface area (Å²) < 4.78 is 28.7. The van der Waals surface area contributed by atoms with Crippen LogP contribution in [0.5, 0.6) is 0 Å². The molecule has 2 rings (SSSR count). The zero-order chi connectivity index (χ0) is 14.7. The summed E-state index contributed by atoms with van der Waals surface area (Å²) in [6.45, 7) is 4.10. The molecule has 1 heterocycles. The largest absolute Gasteiger partial charge is 0.306 e. The molecule has 1 atom stereocenters. The van der Waals surface area contributed by atoms with Gasteiger partial charge in [0.2, 0.25) is 0 Å². The first-order chi connectivity index (χ1) is 9.54. The summed E-state index contributed by atoms with van der Waals surface area (Å²) in [4.78, 5) is 4.08. The molecule has 2 nitrogen and oxygen atoms in total. The van der Waals surface area contributed by atoms with Gasteiger partial charge in [0, 0.05) is 22.4 Å². The van der Waals surface area contributed by atoms with Gasteiger partial charge in [0.25, 0.3) is 0 Å². The maximum atomic E-state index is 14.2. The summed E-state index contributed by atoms with van der Waals surface area (Å²) in [6.07, 6.45) is 3.30. The number of benzene rings is 1. The van der Waals surface area contributed by atoms with Crippen molar-refractivity contribution in [1.82, 2.24) is 10.3 Å². The fraction of sp³-hybridized carbons (Fsp3) is 0.267. The molecule has 1 aromatic heterocycles. The lowest BCUT2D eigenvalue weighted by atomic mass is 9.98. The van der Waals surface area contributed by atoms with Gasteiger partial charge >= 0.3 is 0 Å². The average Bonchev–Trinajstić information content (AvgIpc) is 2.43. The van der Waals surface area contributed by atoms with Crippen molar-refractivity contribution in [3.8, 4) is 0 Å². The van der Waals surface area contributed by atoms with Gasteiger partial charge in [-0.15, -0.1) is 0 Å². The number of aryl methyl sites for hydroxylation is 1. The number of hydrogen-bond acceptors (Lipinski definition) is 2. The van der Waals surface area contributed by atoms with E-state index in [2.05, 4.69) is 26.2 Å². The van der Waals surface area contributed by atoms with E-state index in [0.717, 1.165) is 10.0 Å². The Balaban J connectivity index is 2.51. The van der Waals surface area contributed by atoms with E-state index in [-0.39, 0.29) is 5.56 Å². The molecular weight excluding hydrogens is 326 g/mol. The average molecular weight is 341 g/mol. The van der Waals surface area contributed by atoms with Crippen molar-refractivity contribution in [3.63, 3.8) is 0 Å². The number of aromatic nitrogens is 1. The summed E-state index contributed by atoms with van der Waals surface area (Å²) >= 11 is 3.34. The molecule has 0 bridgehead atoms. The molecule has 106 valence electrons. The molecule has 2 aromatic rings. The van der Waals surface area contributed by atoms with Crippen LogP contribution in [0.25, 0.3) is 0 Å². The Bertz CT molecular complexity index is 617. The number of rotatable bonds is 4. The van der Waals surface area contributed by atoms with Gasteiger partial charge in [0.05, 0.1) is 6.04 Å². The predicted molar refractivity (Wildman–Crippen MR) is 78.6 cm³/mol. The van der Waals surface area contributed by atoms with Gasteiger partial charge in [0.1, 0.15) is 0 Å². The Kier molecular flexibility index (Phi) is 4.83. The molecule has 0 radical (unpaired) electrons. The van der Waals surface area contributed by atoms with Crippen LogP contribution in [-0.2, 0) is 0 Å². The molecule has 1 unspecified atom stereocenters. The highest BCUT2D eigenvalue weighted by molar-refractivity contribution is 9.10. The molecular formula is C15H15BrF2N2. The standard InChI is InChI=1S/C15H15BrF2N2/c1-3-20-15(10-6-11(16)8-19-7-10)12-5-4-9(2)13(17)14(12)18/h4-8,15,20H,3H2,1-2H3. The first-order valence-electron chi connectivity index (χ1n) is 6.33. The molecule has 0 aliphatic heterocycles. The van der Waals surface area contributed by atoms with Crippen molar-refractivity contribution >= 4 is 15.9 Å². The van der Waals surface area contributed by atoms with Crippen molar-refractivity contribution in [2.24, 2.45) is 0 Å². The van der Waals surface area contributed by atoms with Crippen LogP contribution in [0.4, 0.5) is 8.78 Å². The highest BCUT2D eigenvalue weighted by Gasteiger charge is 2.21. The second kappa shape index (κ2) is 6.41. The van der Waals surface area contributed by atoms with Crippen molar-refractivity contribution < 1.29 is 8.78 Å². The van der Waals surface area contributed by atoms with Crippen LogP contribution in [0.2, 0.25) is 0 Å². The zero-order valence-corrected chi connectivity index (χ0v) is 12.8. The fourth-order valence-corrected chi connectivity index (χ4v) is 2.46. The van der Waals surface area contributed by atoms with Crippen molar-refractivity contribution in [1.29, 1.82) is 0 Å². The normalized spacial score (nSPS) is 12.4. The van der Waals surface area contributed by atoms with E-state index in [1.54, 1.807) is 31.5 Å². The van der Waals surface area contributed by atoms with Gasteiger partial charge in [-0.1, -0.05) is 19.1 Å². The van der Waals surface area contributed by atoms with Crippen molar-refractivity contribution in [2.75, 3.05) is 6.54 Å². The number of pyridine rings is 1. The van der Waals surface area contributed by atoms with E-state index in [0.29, 0.717) is 12.1 Å². The molecule has 0 saturated carbocycles. The summed E-state index contributed by atoms with van der Waals surface area (Å²) in [6, 6.07) is 4.61. The second-order valence-corrected chi connectivity index (χ2v) is 5.44. The van der Waals surface area contributed by atoms with Gasteiger partial charge in [-0.2, -0.15) is 0 Å². The number of nitrogens with zero attached hydrogens (tertiary/aromatic N) is 1.